The molecule has 2 heterocycles. The van der Waals surface area contributed by atoms with Gasteiger partial charge in [0.15, 0.2) is 0 Å². The number of aromatic nitrogens is 1. The molecule has 0 unspecified atom stereocenters. The largest absolute Gasteiger partial charge is 0.357 e. The lowest BCUT2D eigenvalue weighted by atomic mass is 10.0. The van der Waals surface area contributed by atoms with E-state index in [2.05, 4.69) is 21.3 Å². The van der Waals surface area contributed by atoms with Gasteiger partial charge in [-0.05, 0) is 36.6 Å². The maximum atomic E-state index is 6.23. The van der Waals surface area contributed by atoms with Crippen LogP contribution < -0.4 is 10.2 Å². The highest BCUT2D eigenvalue weighted by Crippen LogP contribution is 2.26. The fraction of sp³-hybridized carbons (Fsp3) is 0.353. The van der Waals surface area contributed by atoms with Crippen molar-refractivity contribution in [3.8, 4) is 0 Å². The fourth-order valence-corrected chi connectivity index (χ4v) is 3.18. The van der Waals surface area contributed by atoms with Crippen molar-refractivity contribution in [1.82, 2.24) is 10.3 Å². The van der Waals surface area contributed by atoms with Gasteiger partial charge in [0.05, 0.1) is 10.0 Å². The number of piperidine rings is 1. The molecule has 0 bridgehead atoms. The summed E-state index contributed by atoms with van der Waals surface area (Å²) in [5.74, 6) is 1.07. The maximum Gasteiger partial charge on any atom is 0.128 e. The molecule has 3 rings (SSSR count). The summed E-state index contributed by atoms with van der Waals surface area (Å²) in [5, 5.41) is 4.86. The topological polar surface area (TPSA) is 28.2 Å². The Hall–Kier alpha value is -1.29. The van der Waals surface area contributed by atoms with Crippen LogP contribution in [-0.2, 0) is 6.54 Å². The zero-order valence-electron chi connectivity index (χ0n) is 12.3. The Bertz CT molecular complexity index is 611. The first-order valence-electron chi connectivity index (χ1n) is 7.56. The van der Waals surface area contributed by atoms with E-state index < -0.39 is 0 Å². The first kappa shape index (κ1) is 15.6. The minimum atomic E-state index is 0.509. The van der Waals surface area contributed by atoms with Gasteiger partial charge in [-0.2, -0.15) is 0 Å². The number of nitrogens with one attached hydrogen (secondary N) is 1. The van der Waals surface area contributed by atoms with Crippen molar-refractivity contribution in [3.05, 3.63) is 58.2 Å². The fourth-order valence-electron chi connectivity index (χ4n) is 2.79. The first-order chi connectivity index (χ1) is 10.7. The molecule has 0 aliphatic carbocycles. The molecule has 1 aliphatic rings. The Balaban J connectivity index is 1.51. The number of anilines is 1. The molecule has 1 N–H and O–H groups in total. The van der Waals surface area contributed by atoms with Crippen molar-refractivity contribution < 1.29 is 0 Å². The summed E-state index contributed by atoms with van der Waals surface area (Å²) in [6, 6.07) is 12.3. The summed E-state index contributed by atoms with van der Waals surface area (Å²) in [5.41, 5.74) is 1.06. The molecule has 0 spiro atoms. The quantitative estimate of drug-likeness (QED) is 0.909. The Morgan fingerprint density at radius 3 is 2.64 bits per heavy atom. The van der Waals surface area contributed by atoms with Gasteiger partial charge in [0.1, 0.15) is 5.82 Å². The molecule has 0 radical (unpaired) electrons. The van der Waals surface area contributed by atoms with E-state index in [1.165, 1.54) is 0 Å². The van der Waals surface area contributed by atoms with Gasteiger partial charge in [0, 0.05) is 31.9 Å². The lowest BCUT2D eigenvalue weighted by Crippen LogP contribution is -2.42. The summed E-state index contributed by atoms with van der Waals surface area (Å²) in [6.45, 7) is 2.81. The van der Waals surface area contributed by atoms with Gasteiger partial charge in [0.2, 0.25) is 0 Å². The third-order valence-corrected chi connectivity index (χ3v) is 4.94. The van der Waals surface area contributed by atoms with E-state index >= 15 is 0 Å². The highest BCUT2D eigenvalue weighted by Gasteiger charge is 2.19. The molecule has 1 saturated heterocycles. The van der Waals surface area contributed by atoms with Crippen LogP contribution in [0.3, 0.4) is 0 Å². The van der Waals surface area contributed by atoms with Crippen LogP contribution in [0, 0.1) is 0 Å². The second kappa shape index (κ2) is 7.32. The van der Waals surface area contributed by atoms with E-state index in [0.29, 0.717) is 16.1 Å². The third-order valence-electron chi connectivity index (χ3n) is 4.08. The van der Waals surface area contributed by atoms with E-state index in [9.17, 15) is 0 Å². The van der Waals surface area contributed by atoms with Crippen LogP contribution in [0.15, 0.2) is 42.6 Å². The second-order valence-corrected chi connectivity index (χ2v) is 6.33. The number of hydrogen-bond acceptors (Lipinski definition) is 3. The highest BCUT2D eigenvalue weighted by molar-refractivity contribution is 6.42. The van der Waals surface area contributed by atoms with Crippen molar-refractivity contribution >= 4 is 29.0 Å². The van der Waals surface area contributed by atoms with Crippen LogP contribution in [0.25, 0.3) is 0 Å². The predicted octanol–water partition coefficient (Wildman–Crippen LogP) is 4.15. The molecule has 3 nitrogen and oxygen atoms in total. The van der Waals surface area contributed by atoms with Gasteiger partial charge < -0.3 is 10.2 Å². The van der Waals surface area contributed by atoms with Crippen molar-refractivity contribution in [3.63, 3.8) is 0 Å². The van der Waals surface area contributed by atoms with Gasteiger partial charge in [-0.1, -0.05) is 41.4 Å². The summed E-state index contributed by atoms with van der Waals surface area (Å²) < 4.78 is 0. The average molecular weight is 336 g/mol. The molecular formula is C17H19Cl2N3. The minimum Gasteiger partial charge on any atom is -0.357 e. The zero-order chi connectivity index (χ0) is 15.4. The highest BCUT2D eigenvalue weighted by atomic mass is 35.5. The van der Waals surface area contributed by atoms with Crippen molar-refractivity contribution in [2.24, 2.45) is 0 Å². The molecule has 0 atom stereocenters. The molecule has 1 aromatic heterocycles. The van der Waals surface area contributed by atoms with Crippen LogP contribution in [0.5, 0.6) is 0 Å². The molecule has 22 heavy (non-hydrogen) atoms. The summed E-state index contributed by atoms with van der Waals surface area (Å²) in [7, 11) is 0. The van der Waals surface area contributed by atoms with Gasteiger partial charge in [-0.15, -0.1) is 0 Å². The Morgan fingerprint density at radius 2 is 1.91 bits per heavy atom. The molecule has 1 aromatic carbocycles. The molecule has 116 valence electrons. The van der Waals surface area contributed by atoms with E-state index in [1.807, 2.05) is 36.5 Å². The number of benzene rings is 1. The summed E-state index contributed by atoms with van der Waals surface area (Å²) in [6.07, 6.45) is 4.06. The van der Waals surface area contributed by atoms with Gasteiger partial charge in [0.25, 0.3) is 0 Å². The van der Waals surface area contributed by atoms with Crippen LogP contribution in [0.1, 0.15) is 18.4 Å². The Labute approximate surface area is 141 Å². The summed E-state index contributed by atoms with van der Waals surface area (Å²) in [4.78, 5) is 6.75. The third kappa shape index (κ3) is 3.72. The Morgan fingerprint density at radius 1 is 1.09 bits per heavy atom. The lowest BCUT2D eigenvalue weighted by Gasteiger charge is -2.33. The smallest absolute Gasteiger partial charge is 0.128 e. The molecule has 0 saturated carbocycles. The minimum absolute atomic E-state index is 0.509. The normalized spacial score (nSPS) is 16.0. The molecule has 1 aliphatic heterocycles. The zero-order valence-corrected chi connectivity index (χ0v) is 13.8. The van der Waals surface area contributed by atoms with Crippen LogP contribution in [0.2, 0.25) is 10.0 Å². The lowest BCUT2D eigenvalue weighted by molar-refractivity contribution is 0.413. The van der Waals surface area contributed by atoms with Gasteiger partial charge >= 0.3 is 0 Å². The van der Waals surface area contributed by atoms with Crippen LogP contribution >= 0.6 is 23.2 Å². The molecule has 2 aromatic rings. The number of nitrogens with zero attached hydrogens (tertiary/aromatic N) is 2. The number of pyridine rings is 1. The van der Waals surface area contributed by atoms with E-state index in [1.54, 1.807) is 0 Å². The first-order valence-corrected chi connectivity index (χ1v) is 8.32. The Kier molecular flexibility index (Phi) is 5.19. The molecule has 1 fully saturated rings. The summed E-state index contributed by atoms with van der Waals surface area (Å²) >= 11 is 12.3. The van der Waals surface area contributed by atoms with Crippen LogP contribution in [-0.4, -0.2) is 24.1 Å². The SMILES string of the molecule is Clc1cccc(CNC2CCN(c3ccccn3)CC2)c1Cl. The van der Waals surface area contributed by atoms with E-state index in [-0.39, 0.29) is 0 Å². The number of halogens is 2. The molecule has 5 heteroatoms. The molecule has 0 amide bonds. The second-order valence-electron chi connectivity index (χ2n) is 5.54. The predicted molar refractivity (Wildman–Crippen MR) is 92.8 cm³/mol. The van der Waals surface area contributed by atoms with Gasteiger partial charge in [-0.25, -0.2) is 4.98 Å². The van der Waals surface area contributed by atoms with Crippen molar-refractivity contribution in [1.29, 1.82) is 0 Å². The van der Waals surface area contributed by atoms with Gasteiger partial charge in [-0.3, -0.25) is 0 Å². The average Bonchev–Trinajstić information content (AvgIpc) is 2.57. The van der Waals surface area contributed by atoms with Crippen molar-refractivity contribution in [2.45, 2.75) is 25.4 Å². The van der Waals surface area contributed by atoms with Crippen molar-refractivity contribution in [2.75, 3.05) is 18.0 Å². The maximum absolute atomic E-state index is 6.23. The molecular weight excluding hydrogens is 317 g/mol. The standard InChI is InChI=1S/C17H19Cl2N3/c18-15-5-3-4-13(17(15)19)12-21-14-7-10-22(11-8-14)16-6-1-2-9-20-16/h1-6,9,14,21H,7-8,10-12H2. The van der Waals surface area contributed by atoms with E-state index in [0.717, 1.165) is 43.9 Å². The monoisotopic (exact) mass is 335 g/mol. The van der Waals surface area contributed by atoms with Crippen LogP contribution in [0.4, 0.5) is 5.82 Å². The number of hydrogen-bond donors (Lipinski definition) is 1. The van der Waals surface area contributed by atoms with E-state index in [4.69, 9.17) is 23.2 Å². The number of rotatable bonds is 4.